The highest BCUT2D eigenvalue weighted by Crippen LogP contribution is 2.15. The molecule has 0 fully saturated rings. The quantitative estimate of drug-likeness (QED) is 0.0262. The Hall–Kier alpha value is -7.21. The minimum absolute atomic E-state index is 0.00875. The number of nitrogens with zero attached hydrogens (tertiary/aromatic N) is 1. The Bertz CT molecular complexity index is 2290. The van der Waals surface area contributed by atoms with Crippen LogP contribution in [0.4, 0.5) is 0 Å². The number of aliphatic hydroxyl groups excluding tert-OH is 3. The van der Waals surface area contributed by atoms with Gasteiger partial charge >= 0.3 is 5.97 Å². The summed E-state index contributed by atoms with van der Waals surface area (Å²) >= 11 is 0. The first-order valence-corrected chi connectivity index (χ1v) is 33.4. The summed E-state index contributed by atoms with van der Waals surface area (Å²) in [6, 6.07) is -9.66. The Kier molecular flexibility index (Phi) is 53.6. The lowest BCUT2D eigenvalue weighted by Crippen LogP contribution is -2.61. The predicted octanol–water partition coefficient (Wildman–Crippen LogP) is -3.60. The van der Waals surface area contributed by atoms with Crippen LogP contribution in [0.2, 0.25) is 0 Å². The number of nitrogens with one attached hydrogen (secondary N) is 10. The third-order valence-electron chi connectivity index (χ3n) is 14.5. The Labute approximate surface area is 563 Å². The van der Waals surface area contributed by atoms with Crippen LogP contribution in [0.1, 0.15) is 161 Å². The molecule has 0 spiro atoms. The van der Waals surface area contributed by atoms with Crippen LogP contribution < -0.4 is 64.6 Å². The molecule has 18 N–H and O–H groups in total. The Morgan fingerprint density at radius 1 is 0.365 bits per heavy atom. The molecule has 96 heavy (non-hydrogen) atoms. The topological polar surface area (TPSA) is 515 Å². The van der Waals surface area contributed by atoms with E-state index in [1.807, 2.05) is 0 Å². The fraction of sp³-hybridized carbons (Fsp3) is 0.790. The van der Waals surface area contributed by atoms with Crippen molar-refractivity contribution < 1.29 is 102 Å². The lowest BCUT2D eigenvalue weighted by molar-refractivity contribution is -0.137. The first kappa shape index (κ1) is 88.8. The van der Waals surface area contributed by atoms with Crippen molar-refractivity contribution in [3.05, 3.63) is 0 Å². The van der Waals surface area contributed by atoms with Crippen molar-refractivity contribution in [3.63, 3.8) is 0 Å². The molecular formula is C62H113N13O21. The van der Waals surface area contributed by atoms with Crippen LogP contribution >= 0.6 is 0 Å². The third-order valence-corrected chi connectivity index (χ3v) is 14.5. The van der Waals surface area contributed by atoms with Gasteiger partial charge in [-0.1, -0.05) is 96.8 Å². The fourth-order valence-electron chi connectivity index (χ4n) is 9.03. The normalized spacial score (nSPS) is 12.9. The Morgan fingerprint density at radius 2 is 0.708 bits per heavy atom. The standard InChI is InChI=1S/C62H113N13O21/c1-4-28-67-57(87)47(39-76)73-58(88)44(23-25-50(63)79)70-60(90)46(27-31-75(2)3)72-62(92)49(41-78)74-59(89)45(24-26-51(64)80)71-61(91)48(40-77)69-53(82)38-68-55(84)43-96-37-35-94-33-30-66-54(83)42-95-36-34-93-32-29-65-52(81)21-19-17-15-13-11-9-7-5-6-8-10-12-14-16-18-20-22-56(85)86/h44-49,76-78H,4-43H2,1-3H3,(H2,63,79)(H2,64,80)(H,65,81)(H,66,83)(H,67,87)(H,68,84)(H,69,82)(H,70,90)(H,71,91)(H,72,92)(H,73,88)(H,74,89)(H,85,86)/t44-,45-,46-,47-,48+,49-/m0/s1. The van der Waals surface area contributed by atoms with Crippen LogP contribution in [-0.2, 0) is 81.3 Å². The molecule has 0 unspecified atom stereocenters. The molecule has 0 aliphatic carbocycles. The van der Waals surface area contributed by atoms with Gasteiger partial charge in [-0.25, -0.2) is 0 Å². The number of carbonyl (C=O) groups is 13. The van der Waals surface area contributed by atoms with E-state index in [1.54, 1.807) is 25.9 Å². The zero-order valence-corrected chi connectivity index (χ0v) is 56.6. The van der Waals surface area contributed by atoms with Crippen molar-refractivity contribution in [3.8, 4) is 0 Å². The van der Waals surface area contributed by atoms with Gasteiger partial charge < -0.3 is 109 Å². The van der Waals surface area contributed by atoms with Crippen LogP contribution in [0.5, 0.6) is 0 Å². The summed E-state index contributed by atoms with van der Waals surface area (Å²) in [5, 5.41) is 62.7. The second kappa shape index (κ2) is 58.0. The molecule has 34 heteroatoms. The smallest absolute Gasteiger partial charge is 0.303 e. The van der Waals surface area contributed by atoms with E-state index in [0.29, 0.717) is 26.0 Å². The molecule has 0 aliphatic rings. The molecular weight excluding hydrogens is 1260 g/mol. The average molecular weight is 1380 g/mol. The number of unbranched alkanes of at least 4 members (excludes halogenated alkanes) is 15. The van der Waals surface area contributed by atoms with Gasteiger partial charge in [0.2, 0.25) is 70.9 Å². The first-order chi connectivity index (χ1) is 46.0. The number of ether oxygens (including phenoxy) is 4. The first-order valence-electron chi connectivity index (χ1n) is 33.4. The summed E-state index contributed by atoms with van der Waals surface area (Å²) in [7, 11) is 3.30. The predicted molar refractivity (Wildman–Crippen MR) is 349 cm³/mol. The van der Waals surface area contributed by atoms with Gasteiger partial charge in [0.15, 0.2) is 0 Å². The Morgan fingerprint density at radius 3 is 1.10 bits per heavy atom. The molecule has 0 aromatic heterocycles. The monoisotopic (exact) mass is 1380 g/mol. The molecule has 0 heterocycles. The van der Waals surface area contributed by atoms with Crippen molar-refractivity contribution in [2.75, 3.05) is 119 Å². The van der Waals surface area contributed by atoms with E-state index in [1.165, 1.54) is 64.2 Å². The van der Waals surface area contributed by atoms with Crippen molar-refractivity contribution in [1.29, 1.82) is 0 Å². The number of amides is 12. The number of hydrogen-bond acceptors (Lipinski definition) is 21. The maximum absolute atomic E-state index is 13.7. The highest BCUT2D eigenvalue weighted by Gasteiger charge is 2.34. The van der Waals surface area contributed by atoms with Crippen molar-refractivity contribution >= 4 is 76.9 Å². The Balaban J connectivity index is 4.66. The van der Waals surface area contributed by atoms with Gasteiger partial charge in [0.05, 0.1) is 66.0 Å². The number of carboxylic acids is 1. The van der Waals surface area contributed by atoms with Crippen LogP contribution in [0.25, 0.3) is 0 Å². The summed E-state index contributed by atoms with van der Waals surface area (Å²) in [5.41, 5.74) is 10.6. The van der Waals surface area contributed by atoms with E-state index in [0.717, 1.165) is 38.5 Å². The number of aliphatic hydroxyl groups is 3. The zero-order chi connectivity index (χ0) is 71.7. The van der Waals surface area contributed by atoms with E-state index in [4.69, 9.17) is 35.5 Å². The summed E-state index contributed by atoms with van der Waals surface area (Å²) in [4.78, 5) is 165. The molecule has 0 aromatic rings. The van der Waals surface area contributed by atoms with E-state index >= 15 is 0 Å². The molecule has 6 atom stereocenters. The number of carbonyl (C=O) groups excluding carboxylic acids is 12. The van der Waals surface area contributed by atoms with Gasteiger partial charge in [0.25, 0.3) is 0 Å². The molecule has 34 nitrogen and oxygen atoms in total. The molecule has 0 aliphatic heterocycles. The maximum atomic E-state index is 13.7. The molecule has 552 valence electrons. The minimum atomic E-state index is -1.82. The van der Waals surface area contributed by atoms with Gasteiger partial charge in [-0.05, 0) is 59.2 Å². The fourth-order valence-corrected chi connectivity index (χ4v) is 9.03. The number of carboxylic acid groups (broad SMARTS) is 1. The molecule has 12 amide bonds. The summed E-state index contributed by atoms with van der Waals surface area (Å²) in [5.74, 6) is -10.7. The summed E-state index contributed by atoms with van der Waals surface area (Å²) < 4.78 is 21.4. The van der Waals surface area contributed by atoms with Crippen molar-refractivity contribution in [2.45, 2.75) is 197 Å². The zero-order valence-electron chi connectivity index (χ0n) is 56.6. The number of rotatable bonds is 63. The molecule has 0 saturated carbocycles. The number of nitrogens with two attached hydrogens (primary N) is 2. The summed E-state index contributed by atoms with van der Waals surface area (Å²) in [6.07, 6.45) is 17.8. The molecule has 0 radical (unpaired) electrons. The molecule has 0 saturated heterocycles. The average Bonchev–Trinajstić information content (AvgIpc) is 0.899. The van der Waals surface area contributed by atoms with Gasteiger partial charge in [-0.2, -0.15) is 0 Å². The van der Waals surface area contributed by atoms with E-state index in [9.17, 15) is 77.6 Å². The van der Waals surface area contributed by atoms with Gasteiger partial charge in [0, 0.05) is 45.3 Å². The SMILES string of the molecule is CCCNC(=O)[C@H](CO)NC(=O)[C@H](CCC(N)=O)NC(=O)[C@H](CCN(C)C)NC(=O)[C@H](CO)NC(=O)[C@H](CCC(N)=O)NC(=O)[C@@H](CO)NC(=O)CNC(=O)COCCOCCNC(=O)COCCOCCNC(=O)CCCCCCCCCCCCCCCCCCC(=O)O. The maximum Gasteiger partial charge on any atom is 0.303 e. The number of aliphatic carboxylic acids is 1. The molecule has 0 rings (SSSR count). The van der Waals surface area contributed by atoms with Crippen molar-refractivity contribution in [1.82, 2.24) is 58.1 Å². The highest BCUT2D eigenvalue weighted by atomic mass is 16.5. The highest BCUT2D eigenvalue weighted by molar-refractivity contribution is 5.98. The molecule has 0 bridgehead atoms. The van der Waals surface area contributed by atoms with Gasteiger partial charge in [-0.15, -0.1) is 0 Å². The van der Waals surface area contributed by atoms with Crippen molar-refractivity contribution in [2.24, 2.45) is 11.5 Å². The number of primary amides is 2. The lowest BCUT2D eigenvalue weighted by Gasteiger charge is -2.27. The van der Waals surface area contributed by atoms with E-state index in [2.05, 4.69) is 53.2 Å². The van der Waals surface area contributed by atoms with E-state index < -0.39 is 154 Å². The van der Waals surface area contributed by atoms with Gasteiger partial charge in [0.1, 0.15) is 49.5 Å². The minimum Gasteiger partial charge on any atom is -0.481 e. The van der Waals surface area contributed by atoms with Crippen LogP contribution in [0.15, 0.2) is 0 Å². The summed E-state index contributed by atoms with van der Waals surface area (Å²) in [6.45, 7) is -0.785. The second-order valence-electron chi connectivity index (χ2n) is 23.2. The van der Waals surface area contributed by atoms with Crippen LogP contribution in [0, 0.1) is 0 Å². The number of hydrogen-bond donors (Lipinski definition) is 16. The van der Waals surface area contributed by atoms with E-state index in [-0.39, 0.29) is 90.4 Å². The largest absolute Gasteiger partial charge is 0.481 e. The lowest BCUT2D eigenvalue weighted by atomic mass is 10.0. The van der Waals surface area contributed by atoms with Gasteiger partial charge in [-0.3, -0.25) is 62.3 Å². The molecule has 0 aromatic carbocycles. The van der Waals surface area contributed by atoms with Crippen LogP contribution in [-0.4, -0.2) is 258 Å². The third kappa shape index (κ3) is 49.3. The second-order valence-corrected chi connectivity index (χ2v) is 23.2. The van der Waals surface area contributed by atoms with Crippen LogP contribution in [0.3, 0.4) is 0 Å².